The number of hydrogen-bond acceptors (Lipinski definition) is 5. The molecule has 2 rings (SSSR count). The first-order chi connectivity index (χ1) is 8.72. The van der Waals surface area contributed by atoms with Crippen molar-refractivity contribution in [1.82, 2.24) is 4.90 Å². The molecule has 94 valence electrons. The molecule has 18 heavy (non-hydrogen) atoms. The second-order valence-corrected chi connectivity index (χ2v) is 4.57. The van der Waals surface area contributed by atoms with Crippen molar-refractivity contribution >= 4 is 28.5 Å². The van der Waals surface area contributed by atoms with Crippen LogP contribution in [0.2, 0.25) is 0 Å². The number of amidine groups is 1. The Balaban J connectivity index is 2.15. The fourth-order valence-electron chi connectivity index (χ4n) is 1.43. The average molecular weight is 263 g/mol. The Hall–Kier alpha value is -1.82. The Morgan fingerprint density at radius 2 is 2.56 bits per heavy atom. The van der Waals surface area contributed by atoms with Crippen LogP contribution < -0.4 is 0 Å². The monoisotopic (exact) mass is 263 g/mol. The van der Waals surface area contributed by atoms with Gasteiger partial charge in [0.25, 0.3) is 0 Å². The van der Waals surface area contributed by atoms with Gasteiger partial charge in [0.15, 0.2) is 5.17 Å². The summed E-state index contributed by atoms with van der Waals surface area (Å²) in [6.45, 7) is 5.89. The van der Waals surface area contributed by atoms with Crippen molar-refractivity contribution in [3.05, 3.63) is 36.8 Å². The summed E-state index contributed by atoms with van der Waals surface area (Å²) in [5, 5.41) is 8.77. The van der Waals surface area contributed by atoms with Gasteiger partial charge in [0.1, 0.15) is 11.5 Å². The van der Waals surface area contributed by atoms with E-state index in [0.717, 1.165) is 0 Å². The van der Waals surface area contributed by atoms with Gasteiger partial charge in [-0.25, -0.2) is 0 Å². The molecule has 5 nitrogen and oxygen atoms in total. The van der Waals surface area contributed by atoms with Crippen LogP contribution in [0, 0.1) is 0 Å². The van der Waals surface area contributed by atoms with Gasteiger partial charge in [-0.3, -0.25) is 9.69 Å². The first-order valence-electron chi connectivity index (χ1n) is 5.42. The van der Waals surface area contributed by atoms with Crippen molar-refractivity contribution < 1.29 is 9.21 Å². The van der Waals surface area contributed by atoms with E-state index in [4.69, 9.17) is 4.42 Å². The summed E-state index contributed by atoms with van der Waals surface area (Å²) >= 11 is 1.38. The lowest BCUT2D eigenvalue weighted by Crippen LogP contribution is -2.29. The zero-order valence-electron chi connectivity index (χ0n) is 10.00. The van der Waals surface area contributed by atoms with E-state index in [-0.39, 0.29) is 5.91 Å². The fourth-order valence-corrected chi connectivity index (χ4v) is 2.27. The van der Waals surface area contributed by atoms with Crippen LogP contribution in [0.1, 0.15) is 12.7 Å². The first-order valence-corrected chi connectivity index (χ1v) is 6.41. The summed E-state index contributed by atoms with van der Waals surface area (Å²) in [6, 6.07) is 3.60. The summed E-state index contributed by atoms with van der Waals surface area (Å²) in [7, 11) is 0. The molecule has 0 aromatic carbocycles. The smallest absolute Gasteiger partial charge is 0.239 e. The lowest BCUT2D eigenvalue weighted by molar-refractivity contribution is -0.123. The van der Waals surface area contributed by atoms with E-state index in [9.17, 15) is 4.79 Å². The predicted molar refractivity (Wildman–Crippen MR) is 72.7 cm³/mol. The van der Waals surface area contributed by atoms with E-state index in [1.807, 2.05) is 13.0 Å². The maximum Gasteiger partial charge on any atom is 0.239 e. The number of amides is 1. The van der Waals surface area contributed by atoms with Crippen LogP contribution in [0.4, 0.5) is 0 Å². The number of carbonyl (C=O) groups excluding carboxylic acids is 1. The topological polar surface area (TPSA) is 58.2 Å². The van der Waals surface area contributed by atoms with E-state index >= 15 is 0 Å². The van der Waals surface area contributed by atoms with Gasteiger partial charge in [-0.15, -0.1) is 16.8 Å². The highest BCUT2D eigenvalue weighted by Gasteiger charge is 2.27. The van der Waals surface area contributed by atoms with Crippen molar-refractivity contribution in [3.8, 4) is 0 Å². The van der Waals surface area contributed by atoms with Crippen LogP contribution in [0.5, 0.6) is 0 Å². The lowest BCUT2D eigenvalue weighted by atomic mass is 10.3. The summed E-state index contributed by atoms with van der Waals surface area (Å²) in [6.07, 6.45) is 3.25. The van der Waals surface area contributed by atoms with Gasteiger partial charge in [0.05, 0.1) is 12.0 Å². The Morgan fingerprint density at radius 3 is 3.22 bits per heavy atom. The quantitative estimate of drug-likeness (QED) is 0.475. The molecule has 0 atom stereocenters. The number of thioether (sulfide) groups is 1. The Bertz CT molecular complexity index is 505. The molecule has 6 heteroatoms. The maximum atomic E-state index is 11.6. The zero-order chi connectivity index (χ0) is 13.0. The number of rotatable bonds is 4. The molecule has 0 N–H and O–H groups in total. The van der Waals surface area contributed by atoms with Crippen molar-refractivity contribution in [2.24, 2.45) is 10.2 Å². The molecule has 0 radical (unpaired) electrons. The molecule has 1 aliphatic heterocycles. The molecule has 1 saturated heterocycles. The third kappa shape index (κ3) is 2.70. The second kappa shape index (κ2) is 5.68. The van der Waals surface area contributed by atoms with E-state index in [1.165, 1.54) is 11.8 Å². The van der Waals surface area contributed by atoms with Gasteiger partial charge in [-0.2, -0.15) is 0 Å². The van der Waals surface area contributed by atoms with Crippen LogP contribution in [-0.4, -0.2) is 34.0 Å². The van der Waals surface area contributed by atoms with Crippen molar-refractivity contribution in [2.75, 3.05) is 12.3 Å². The summed E-state index contributed by atoms with van der Waals surface area (Å²) in [5.41, 5.74) is 0.672. The highest BCUT2D eigenvalue weighted by molar-refractivity contribution is 8.15. The van der Waals surface area contributed by atoms with Crippen LogP contribution in [0.3, 0.4) is 0 Å². The zero-order valence-corrected chi connectivity index (χ0v) is 10.8. The SMILES string of the molecule is C=CCN1C(=O)CSC1=NN=C(C)c1ccco1. The third-order valence-electron chi connectivity index (χ3n) is 2.33. The Morgan fingerprint density at radius 1 is 1.72 bits per heavy atom. The first kappa shape index (κ1) is 12.6. The lowest BCUT2D eigenvalue weighted by Gasteiger charge is -2.11. The van der Waals surface area contributed by atoms with Crippen LogP contribution in [0.25, 0.3) is 0 Å². The van der Waals surface area contributed by atoms with Crippen molar-refractivity contribution in [3.63, 3.8) is 0 Å². The molecule has 0 saturated carbocycles. The van der Waals surface area contributed by atoms with Gasteiger partial charge >= 0.3 is 0 Å². The van der Waals surface area contributed by atoms with E-state index in [2.05, 4.69) is 16.8 Å². The number of furan rings is 1. The van der Waals surface area contributed by atoms with Gasteiger partial charge in [0.2, 0.25) is 5.91 Å². The van der Waals surface area contributed by atoms with Gasteiger partial charge in [-0.05, 0) is 19.1 Å². The number of hydrogen-bond donors (Lipinski definition) is 0. The van der Waals surface area contributed by atoms with E-state index in [1.54, 1.807) is 23.3 Å². The minimum absolute atomic E-state index is 0.0319. The molecule has 0 bridgehead atoms. The largest absolute Gasteiger partial charge is 0.463 e. The minimum Gasteiger partial charge on any atom is -0.463 e. The Kier molecular flexibility index (Phi) is 3.99. The Labute approximate surface area is 109 Å². The van der Waals surface area contributed by atoms with Gasteiger partial charge in [-0.1, -0.05) is 17.8 Å². The summed E-state index contributed by atoms with van der Waals surface area (Å²) < 4.78 is 5.20. The molecule has 1 fully saturated rings. The van der Waals surface area contributed by atoms with Gasteiger partial charge in [0, 0.05) is 6.54 Å². The number of nitrogens with zero attached hydrogens (tertiary/aromatic N) is 3. The molecule has 0 unspecified atom stereocenters. The van der Waals surface area contributed by atoms with Crippen LogP contribution in [-0.2, 0) is 4.79 Å². The van der Waals surface area contributed by atoms with E-state index in [0.29, 0.717) is 28.9 Å². The maximum absolute atomic E-state index is 11.6. The molecule has 2 heterocycles. The second-order valence-electron chi connectivity index (χ2n) is 3.63. The molecular weight excluding hydrogens is 250 g/mol. The molecule has 0 aliphatic carbocycles. The molecule has 0 spiro atoms. The van der Waals surface area contributed by atoms with Gasteiger partial charge < -0.3 is 4.42 Å². The average Bonchev–Trinajstić information content (AvgIpc) is 2.99. The standard InChI is InChI=1S/C12H13N3O2S/c1-3-6-15-11(16)8-18-12(15)14-13-9(2)10-5-4-7-17-10/h3-5,7H,1,6,8H2,2H3. The number of carbonyl (C=O) groups is 1. The molecule has 1 aromatic heterocycles. The van der Waals surface area contributed by atoms with Crippen LogP contribution in [0.15, 0.2) is 45.7 Å². The molecule has 1 aromatic rings. The highest BCUT2D eigenvalue weighted by Crippen LogP contribution is 2.19. The summed E-state index contributed by atoms with van der Waals surface area (Å²) in [5.74, 6) is 1.11. The molecular formula is C12H13N3O2S. The van der Waals surface area contributed by atoms with Crippen LogP contribution >= 0.6 is 11.8 Å². The van der Waals surface area contributed by atoms with Crippen molar-refractivity contribution in [1.29, 1.82) is 0 Å². The van der Waals surface area contributed by atoms with Crippen molar-refractivity contribution in [2.45, 2.75) is 6.92 Å². The predicted octanol–water partition coefficient (Wildman–Crippen LogP) is 2.12. The van der Waals surface area contributed by atoms with E-state index < -0.39 is 0 Å². The minimum atomic E-state index is 0.0319. The summed E-state index contributed by atoms with van der Waals surface area (Å²) in [4.78, 5) is 13.1. The fraction of sp³-hybridized carbons (Fsp3) is 0.250. The third-order valence-corrected chi connectivity index (χ3v) is 3.28. The highest BCUT2D eigenvalue weighted by atomic mass is 32.2. The molecule has 1 amide bonds. The normalized spacial score (nSPS) is 18.7. The molecule has 1 aliphatic rings.